The molecule has 0 aromatic heterocycles. The van der Waals surface area contributed by atoms with Crippen LogP contribution in [0.2, 0.25) is 0 Å². The molecule has 1 amide bonds. The highest BCUT2D eigenvalue weighted by atomic mass is 16.4. The van der Waals surface area contributed by atoms with E-state index in [0.717, 1.165) is 11.1 Å². The van der Waals surface area contributed by atoms with E-state index in [2.05, 4.69) is 5.32 Å². The van der Waals surface area contributed by atoms with Gasteiger partial charge in [-0.3, -0.25) is 9.59 Å². The number of unbranched alkanes of at least 4 members (excludes halogenated alkanes) is 1. The third kappa shape index (κ3) is 5.58. The van der Waals surface area contributed by atoms with E-state index in [9.17, 15) is 9.59 Å². The standard InChI is InChI=1S/C19H21NO3/c21-17(13-7-8-14-18(22)23)20-19(15-9-3-1-4-10-15)16-11-5-2-6-12-16/h1-6,9-12,19H,7-8,13-14H2,(H,20,21)(H,22,23). The molecular formula is C19H21NO3. The van der Waals surface area contributed by atoms with Crippen LogP contribution in [0.5, 0.6) is 0 Å². The summed E-state index contributed by atoms with van der Waals surface area (Å²) in [6.45, 7) is 0. The number of carboxylic acids is 1. The smallest absolute Gasteiger partial charge is 0.303 e. The van der Waals surface area contributed by atoms with Gasteiger partial charge in [0.05, 0.1) is 6.04 Å². The molecule has 0 heterocycles. The van der Waals surface area contributed by atoms with Gasteiger partial charge in [-0.1, -0.05) is 60.7 Å². The molecule has 2 aromatic carbocycles. The van der Waals surface area contributed by atoms with E-state index in [1.54, 1.807) is 0 Å². The first kappa shape index (κ1) is 16.7. The van der Waals surface area contributed by atoms with Crippen LogP contribution in [0, 0.1) is 0 Å². The number of benzene rings is 2. The molecule has 0 aliphatic rings. The molecule has 0 bridgehead atoms. The van der Waals surface area contributed by atoms with Crippen molar-refractivity contribution in [2.75, 3.05) is 0 Å². The summed E-state index contributed by atoms with van der Waals surface area (Å²) in [6, 6.07) is 19.4. The van der Waals surface area contributed by atoms with Crippen molar-refractivity contribution in [1.29, 1.82) is 0 Å². The second kappa shape index (κ2) is 8.73. The molecule has 0 fully saturated rings. The van der Waals surface area contributed by atoms with Crippen LogP contribution in [-0.2, 0) is 9.59 Å². The van der Waals surface area contributed by atoms with Gasteiger partial charge in [-0.2, -0.15) is 0 Å². The average Bonchev–Trinajstić information content (AvgIpc) is 2.58. The monoisotopic (exact) mass is 311 g/mol. The fourth-order valence-electron chi connectivity index (χ4n) is 2.45. The Bertz CT molecular complexity index is 586. The highest BCUT2D eigenvalue weighted by Gasteiger charge is 2.16. The number of amides is 1. The van der Waals surface area contributed by atoms with E-state index in [-0.39, 0.29) is 18.4 Å². The number of nitrogens with one attached hydrogen (secondary N) is 1. The Balaban J connectivity index is 2.01. The minimum absolute atomic E-state index is 0.0619. The lowest BCUT2D eigenvalue weighted by atomic mass is 9.98. The van der Waals surface area contributed by atoms with Crippen LogP contribution >= 0.6 is 0 Å². The van der Waals surface area contributed by atoms with Crippen LogP contribution < -0.4 is 5.32 Å². The maximum atomic E-state index is 12.2. The van der Waals surface area contributed by atoms with Crippen molar-refractivity contribution in [1.82, 2.24) is 5.32 Å². The zero-order valence-corrected chi connectivity index (χ0v) is 12.9. The second-order valence-corrected chi connectivity index (χ2v) is 5.42. The number of aliphatic carboxylic acids is 1. The van der Waals surface area contributed by atoms with Crippen LogP contribution in [0.3, 0.4) is 0 Å². The fraction of sp³-hybridized carbons (Fsp3) is 0.263. The van der Waals surface area contributed by atoms with E-state index in [1.807, 2.05) is 60.7 Å². The quantitative estimate of drug-likeness (QED) is 0.733. The maximum Gasteiger partial charge on any atom is 0.303 e. The Morgan fingerprint density at radius 2 is 1.30 bits per heavy atom. The van der Waals surface area contributed by atoms with Gasteiger partial charge in [0, 0.05) is 12.8 Å². The minimum atomic E-state index is -0.822. The van der Waals surface area contributed by atoms with Gasteiger partial charge in [-0.05, 0) is 24.0 Å². The summed E-state index contributed by atoms with van der Waals surface area (Å²) in [4.78, 5) is 22.7. The first-order chi connectivity index (χ1) is 11.2. The molecule has 0 saturated carbocycles. The van der Waals surface area contributed by atoms with Crippen LogP contribution in [0.15, 0.2) is 60.7 Å². The molecule has 0 spiro atoms. The van der Waals surface area contributed by atoms with Gasteiger partial charge in [-0.15, -0.1) is 0 Å². The van der Waals surface area contributed by atoms with Crippen molar-refractivity contribution >= 4 is 11.9 Å². The molecule has 0 aliphatic heterocycles. The summed E-state index contributed by atoms with van der Waals surface area (Å²) in [7, 11) is 0. The second-order valence-electron chi connectivity index (χ2n) is 5.42. The number of carboxylic acid groups (broad SMARTS) is 1. The fourth-order valence-corrected chi connectivity index (χ4v) is 2.45. The third-order valence-corrected chi connectivity index (χ3v) is 3.62. The van der Waals surface area contributed by atoms with E-state index < -0.39 is 5.97 Å². The largest absolute Gasteiger partial charge is 0.481 e. The lowest BCUT2D eigenvalue weighted by Crippen LogP contribution is -2.29. The van der Waals surface area contributed by atoms with Gasteiger partial charge in [-0.25, -0.2) is 0 Å². The normalized spacial score (nSPS) is 10.5. The molecule has 0 aliphatic carbocycles. The van der Waals surface area contributed by atoms with Crippen LogP contribution in [0.1, 0.15) is 42.9 Å². The van der Waals surface area contributed by atoms with Crippen molar-refractivity contribution in [3.8, 4) is 0 Å². The van der Waals surface area contributed by atoms with Crippen LogP contribution in [0.4, 0.5) is 0 Å². The Labute approximate surface area is 136 Å². The number of carbonyl (C=O) groups is 2. The van der Waals surface area contributed by atoms with Gasteiger partial charge in [0.1, 0.15) is 0 Å². The average molecular weight is 311 g/mol. The summed E-state index contributed by atoms with van der Waals surface area (Å²) < 4.78 is 0. The molecule has 120 valence electrons. The van der Waals surface area contributed by atoms with Crippen molar-refractivity contribution in [3.63, 3.8) is 0 Å². The molecule has 23 heavy (non-hydrogen) atoms. The van der Waals surface area contributed by atoms with E-state index in [1.165, 1.54) is 0 Å². The molecular weight excluding hydrogens is 290 g/mol. The van der Waals surface area contributed by atoms with Gasteiger partial charge >= 0.3 is 5.97 Å². The number of hydrogen-bond donors (Lipinski definition) is 2. The zero-order valence-electron chi connectivity index (χ0n) is 12.9. The van der Waals surface area contributed by atoms with Gasteiger partial charge < -0.3 is 10.4 Å². The van der Waals surface area contributed by atoms with Gasteiger partial charge in [0.15, 0.2) is 0 Å². The Hall–Kier alpha value is -2.62. The first-order valence-electron chi connectivity index (χ1n) is 7.78. The molecule has 0 unspecified atom stereocenters. The Kier molecular flexibility index (Phi) is 6.36. The molecule has 2 N–H and O–H groups in total. The highest BCUT2D eigenvalue weighted by molar-refractivity contribution is 5.77. The van der Waals surface area contributed by atoms with Crippen LogP contribution in [0.25, 0.3) is 0 Å². The molecule has 0 saturated heterocycles. The molecule has 4 heteroatoms. The van der Waals surface area contributed by atoms with E-state index >= 15 is 0 Å². The highest BCUT2D eigenvalue weighted by Crippen LogP contribution is 2.22. The maximum absolute atomic E-state index is 12.2. The number of hydrogen-bond acceptors (Lipinski definition) is 2. The molecule has 0 atom stereocenters. The first-order valence-corrected chi connectivity index (χ1v) is 7.78. The SMILES string of the molecule is O=C(O)CCCCC(=O)NC(c1ccccc1)c1ccccc1. The van der Waals surface area contributed by atoms with E-state index in [0.29, 0.717) is 19.3 Å². The predicted octanol–water partition coefficient (Wildman–Crippen LogP) is 3.54. The molecule has 0 radical (unpaired) electrons. The van der Waals surface area contributed by atoms with E-state index in [4.69, 9.17) is 5.11 Å². The van der Waals surface area contributed by atoms with Crippen molar-refractivity contribution in [2.24, 2.45) is 0 Å². The van der Waals surface area contributed by atoms with Crippen molar-refractivity contribution < 1.29 is 14.7 Å². The Morgan fingerprint density at radius 1 is 0.826 bits per heavy atom. The summed E-state index contributed by atoms with van der Waals surface area (Å²) in [5.41, 5.74) is 2.05. The lowest BCUT2D eigenvalue weighted by Gasteiger charge is -2.20. The zero-order chi connectivity index (χ0) is 16.5. The van der Waals surface area contributed by atoms with Gasteiger partial charge in [0.25, 0.3) is 0 Å². The lowest BCUT2D eigenvalue weighted by molar-refractivity contribution is -0.137. The topological polar surface area (TPSA) is 66.4 Å². The Morgan fingerprint density at radius 3 is 1.78 bits per heavy atom. The third-order valence-electron chi connectivity index (χ3n) is 3.62. The summed E-state index contributed by atoms with van der Waals surface area (Å²) in [5.74, 6) is -0.884. The van der Waals surface area contributed by atoms with Crippen molar-refractivity contribution in [3.05, 3.63) is 71.8 Å². The molecule has 2 aromatic rings. The molecule has 4 nitrogen and oxygen atoms in total. The summed E-state index contributed by atoms with van der Waals surface area (Å²) >= 11 is 0. The predicted molar refractivity (Wildman–Crippen MR) is 89.0 cm³/mol. The summed E-state index contributed by atoms with van der Waals surface area (Å²) in [5, 5.41) is 11.7. The number of carbonyl (C=O) groups excluding carboxylic acids is 1. The van der Waals surface area contributed by atoms with Gasteiger partial charge in [0.2, 0.25) is 5.91 Å². The minimum Gasteiger partial charge on any atom is -0.481 e. The molecule has 2 rings (SSSR count). The van der Waals surface area contributed by atoms with Crippen molar-refractivity contribution in [2.45, 2.75) is 31.7 Å². The number of rotatable bonds is 8. The summed E-state index contributed by atoms with van der Waals surface area (Å²) in [6.07, 6.45) is 1.54. The van der Waals surface area contributed by atoms with Crippen LogP contribution in [-0.4, -0.2) is 17.0 Å².